The lowest BCUT2D eigenvalue weighted by Gasteiger charge is -2.48. The molecule has 0 atom stereocenters. The van der Waals surface area contributed by atoms with Crippen molar-refractivity contribution in [3.8, 4) is 0 Å². The van der Waals surface area contributed by atoms with E-state index in [9.17, 15) is 9.59 Å². The van der Waals surface area contributed by atoms with E-state index in [1.54, 1.807) is 11.2 Å². The predicted octanol–water partition coefficient (Wildman–Crippen LogP) is 2.96. The third kappa shape index (κ3) is 7.94. The maximum absolute atomic E-state index is 15.5. The Hall–Kier alpha value is -3.58. The first-order valence-corrected chi connectivity index (χ1v) is 17.1. The zero-order valence-corrected chi connectivity index (χ0v) is 27.7. The molecule has 1 aromatic heterocycles. The number of aromatic nitrogens is 2. The van der Waals surface area contributed by atoms with Gasteiger partial charge in [0.25, 0.3) is 0 Å². The quantitative estimate of drug-likeness (QED) is 0.395. The summed E-state index contributed by atoms with van der Waals surface area (Å²) in [6, 6.07) is 4.54. The van der Waals surface area contributed by atoms with Crippen LogP contribution < -0.4 is 26.2 Å². The Balaban J connectivity index is 1.04. The molecule has 0 radical (unpaired) electrons. The van der Waals surface area contributed by atoms with Crippen LogP contribution in [0.25, 0.3) is 0 Å². The van der Waals surface area contributed by atoms with Gasteiger partial charge in [-0.05, 0) is 69.0 Å². The van der Waals surface area contributed by atoms with Gasteiger partial charge in [-0.25, -0.2) is 18.7 Å². The van der Waals surface area contributed by atoms with Gasteiger partial charge in [-0.2, -0.15) is 0 Å². The van der Waals surface area contributed by atoms with Crippen molar-refractivity contribution in [1.29, 1.82) is 0 Å². The summed E-state index contributed by atoms with van der Waals surface area (Å²) in [6.07, 6.45) is 6.77. The number of carbonyl (C=O) groups excluding carboxylic acids is 2. The van der Waals surface area contributed by atoms with Crippen molar-refractivity contribution in [2.45, 2.75) is 64.5 Å². The third-order valence-corrected chi connectivity index (χ3v) is 10.7. The van der Waals surface area contributed by atoms with Crippen molar-refractivity contribution < 1.29 is 18.4 Å². The molecule has 2 amide bonds. The molecule has 11 nitrogen and oxygen atoms in total. The van der Waals surface area contributed by atoms with Crippen molar-refractivity contribution in [1.82, 2.24) is 25.1 Å². The Kier molecular flexibility index (Phi) is 9.84. The lowest BCUT2D eigenvalue weighted by atomic mass is 9.82. The van der Waals surface area contributed by atoms with Crippen molar-refractivity contribution in [2.75, 3.05) is 80.6 Å². The minimum absolute atomic E-state index is 0.00307. The van der Waals surface area contributed by atoms with Gasteiger partial charge in [0, 0.05) is 63.5 Å². The van der Waals surface area contributed by atoms with Gasteiger partial charge >= 0.3 is 0 Å². The molecule has 6 rings (SSSR count). The van der Waals surface area contributed by atoms with Gasteiger partial charge in [-0.3, -0.25) is 14.5 Å². The highest BCUT2D eigenvalue weighted by molar-refractivity contribution is 5.84. The van der Waals surface area contributed by atoms with Gasteiger partial charge in [-0.1, -0.05) is 13.8 Å². The van der Waals surface area contributed by atoms with Crippen LogP contribution in [0.1, 0.15) is 57.9 Å². The molecule has 0 unspecified atom stereocenters. The first-order valence-electron chi connectivity index (χ1n) is 17.1. The lowest BCUT2D eigenvalue weighted by molar-refractivity contribution is -0.131. The Labute approximate surface area is 276 Å². The van der Waals surface area contributed by atoms with Crippen LogP contribution in [0.4, 0.5) is 26.1 Å². The topological polar surface area (TPSA) is 123 Å². The summed E-state index contributed by atoms with van der Waals surface area (Å²) < 4.78 is 30.9. The molecule has 4 fully saturated rings. The standard InChI is InChI=1S/C34H49F2N9O2/c1-33(2)5-11-42(12-6-33)20-25-15-27(36)28(16-26(25)35)45-21-31(46)41-34(22-45)7-13-43(14-8-34)30-17-29(39-23-40-30)38-19-24-3-9-44(10-4-24)32(47)18-37/h15-17,23-24H,3-14,18-22,37H2,1-2H3,(H,41,46)(H,38,39,40). The summed E-state index contributed by atoms with van der Waals surface area (Å²) in [7, 11) is 0. The molecule has 4 N–H and O–H groups in total. The van der Waals surface area contributed by atoms with E-state index < -0.39 is 17.2 Å². The fraction of sp³-hybridized carbons (Fsp3) is 0.647. The average Bonchev–Trinajstić information content (AvgIpc) is 3.06. The van der Waals surface area contributed by atoms with Crippen molar-refractivity contribution in [2.24, 2.45) is 17.1 Å². The zero-order chi connectivity index (χ0) is 33.2. The second kappa shape index (κ2) is 13.9. The Morgan fingerprint density at radius 2 is 1.70 bits per heavy atom. The largest absolute Gasteiger partial charge is 0.370 e. The molecule has 2 aromatic rings. The van der Waals surface area contributed by atoms with E-state index >= 15 is 8.78 Å². The number of benzene rings is 1. The first kappa shape index (κ1) is 33.3. The van der Waals surface area contributed by atoms with Gasteiger partial charge in [0.1, 0.15) is 29.6 Å². The number of hydrogen-bond donors (Lipinski definition) is 3. The number of amides is 2. The maximum Gasteiger partial charge on any atom is 0.240 e. The SMILES string of the molecule is CC1(C)CCN(Cc2cc(F)c(N3CC(=O)NC4(CCN(c5cc(NCC6CCN(C(=O)CN)CC6)ncn5)CC4)C3)cc2F)CC1. The smallest absolute Gasteiger partial charge is 0.240 e. The van der Waals surface area contributed by atoms with Gasteiger partial charge in [-0.15, -0.1) is 0 Å². The highest BCUT2D eigenvalue weighted by atomic mass is 19.1. The number of nitrogens with two attached hydrogens (primary N) is 1. The molecule has 4 saturated heterocycles. The molecule has 0 bridgehead atoms. The van der Waals surface area contributed by atoms with E-state index in [1.807, 2.05) is 11.0 Å². The maximum atomic E-state index is 15.5. The number of piperazine rings is 1. The normalized spacial score (nSPS) is 22.0. The Morgan fingerprint density at radius 1 is 0.979 bits per heavy atom. The summed E-state index contributed by atoms with van der Waals surface area (Å²) >= 11 is 0. The molecule has 4 aliphatic rings. The predicted molar refractivity (Wildman–Crippen MR) is 178 cm³/mol. The Morgan fingerprint density at radius 3 is 2.40 bits per heavy atom. The number of nitrogens with one attached hydrogen (secondary N) is 2. The summed E-state index contributed by atoms with van der Waals surface area (Å²) in [6.45, 7) is 10.6. The van der Waals surface area contributed by atoms with Crippen molar-refractivity contribution >= 4 is 29.1 Å². The van der Waals surface area contributed by atoms with Crippen LogP contribution in [-0.2, 0) is 16.1 Å². The second-order valence-corrected chi connectivity index (χ2v) is 14.7. The van der Waals surface area contributed by atoms with E-state index in [0.29, 0.717) is 50.5 Å². The fourth-order valence-corrected chi connectivity index (χ4v) is 7.47. The summed E-state index contributed by atoms with van der Waals surface area (Å²) in [5.41, 5.74) is 5.75. The number of piperidine rings is 3. The van der Waals surface area contributed by atoms with Gasteiger partial charge in [0.15, 0.2) is 0 Å². The molecule has 1 aromatic carbocycles. The van der Waals surface area contributed by atoms with Crippen molar-refractivity contribution in [3.05, 3.63) is 41.7 Å². The summed E-state index contributed by atoms with van der Waals surface area (Å²) in [5, 5.41) is 6.62. The fourth-order valence-electron chi connectivity index (χ4n) is 7.47. The minimum Gasteiger partial charge on any atom is -0.370 e. The number of halogens is 2. The van der Waals surface area contributed by atoms with Crippen LogP contribution in [0.15, 0.2) is 24.5 Å². The minimum atomic E-state index is -0.539. The van der Waals surface area contributed by atoms with E-state index in [0.717, 1.165) is 70.0 Å². The van der Waals surface area contributed by atoms with E-state index in [-0.39, 0.29) is 36.0 Å². The van der Waals surface area contributed by atoms with Crippen LogP contribution in [0.3, 0.4) is 0 Å². The lowest BCUT2D eigenvalue weighted by Crippen LogP contribution is -2.66. The zero-order valence-electron chi connectivity index (χ0n) is 27.7. The number of carbonyl (C=O) groups is 2. The van der Waals surface area contributed by atoms with E-state index in [2.05, 4.69) is 44.2 Å². The molecule has 4 aliphatic heterocycles. The molecular formula is C34H49F2N9O2. The molecule has 0 saturated carbocycles. The van der Waals surface area contributed by atoms with E-state index in [1.165, 1.54) is 12.1 Å². The van der Waals surface area contributed by atoms with Gasteiger partial charge in [0.2, 0.25) is 11.8 Å². The Bertz CT molecular complexity index is 1430. The highest BCUT2D eigenvalue weighted by Gasteiger charge is 2.42. The molecule has 256 valence electrons. The third-order valence-electron chi connectivity index (χ3n) is 10.7. The summed E-state index contributed by atoms with van der Waals surface area (Å²) in [5.74, 6) is 0.899. The number of likely N-dealkylation sites (tertiary alicyclic amines) is 2. The number of anilines is 3. The van der Waals surface area contributed by atoms with Crippen LogP contribution >= 0.6 is 0 Å². The number of hydrogen-bond acceptors (Lipinski definition) is 9. The van der Waals surface area contributed by atoms with E-state index in [4.69, 9.17) is 5.73 Å². The molecule has 47 heavy (non-hydrogen) atoms. The number of nitrogens with zero attached hydrogens (tertiary/aromatic N) is 6. The van der Waals surface area contributed by atoms with Crippen LogP contribution in [-0.4, -0.2) is 103 Å². The molecule has 1 spiro atoms. The number of rotatable bonds is 8. The van der Waals surface area contributed by atoms with Gasteiger partial charge < -0.3 is 31.1 Å². The molecule has 0 aliphatic carbocycles. The first-order chi connectivity index (χ1) is 22.5. The van der Waals surface area contributed by atoms with Crippen LogP contribution in [0.2, 0.25) is 0 Å². The van der Waals surface area contributed by atoms with Gasteiger partial charge in [0.05, 0.1) is 24.3 Å². The van der Waals surface area contributed by atoms with Crippen LogP contribution in [0, 0.1) is 23.0 Å². The monoisotopic (exact) mass is 653 g/mol. The highest BCUT2D eigenvalue weighted by Crippen LogP contribution is 2.34. The molecule has 13 heteroatoms. The second-order valence-electron chi connectivity index (χ2n) is 14.7. The molecule has 5 heterocycles. The summed E-state index contributed by atoms with van der Waals surface area (Å²) in [4.78, 5) is 41.6. The average molecular weight is 654 g/mol. The van der Waals surface area contributed by atoms with Crippen molar-refractivity contribution in [3.63, 3.8) is 0 Å². The molecular weight excluding hydrogens is 604 g/mol. The van der Waals surface area contributed by atoms with Crippen LogP contribution in [0.5, 0.6) is 0 Å².